The van der Waals surface area contributed by atoms with Gasteiger partial charge in [0.2, 0.25) is 0 Å². The first-order chi connectivity index (χ1) is 6.61. The van der Waals surface area contributed by atoms with Crippen molar-refractivity contribution in [1.29, 1.82) is 0 Å². The van der Waals surface area contributed by atoms with E-state index in [0.29, 0.717) is 12.2 Å². The van der Waals surface area contributed by atoms with E-state index in [2.05, 4.69) is 10.3 Å². The maximum absolute atomic E-state index is 11.5. The predicted molar refractivity (Wildman–Crippen MR) is 57.7 cm³/mol. The van der Waals surface area contributed by atoms with E-state index >= 15 is 0 Å². The summed E-state index contributed by atoms with van der Waals surface area (Å²) < 4.78 is 0. The molecule has 0 bridgehead atoms. The van der Waals surface area contributed by atoms with Gasteiger partial charge in [-0.1, -0.05) is 0 Å². The molecule has 0 aliphatic heterocycles. The molecule has 0 unspecified atom stereocenters. The average molecular weight is 213 g/mol. The van der Waals surface area contributed by atoms with E-state index < -0.39 is 0 Å². The van der Waals surface area contributed by atoms with Crippen molar-refractivity contribution in [2.24, 2.45) is 0 Å². The van der Waals surface area contributed by atoms with Crippen LogP contribution in [0, 0.1) is 6.92 Å². The SMILES string of the molecule is Cc1scnc1C(=O)NCCN(C)C. The predicted octanol–water partition coefficient (Wildman–Crippen LogP) is 0.743. The Hall–Kier alpha value is -0.940. The third-order valence-electron chi connectivity index (χ3n) is 1.80. The van der Waals surface area contributed by atoms with E-state index in [-0.39, 0.29) is 5.91 Å². The summed E-state index contributed by atoms with van der Waals surface area (Å²) in [5.74, 6) is -0.0781. The fourth-order valence-corrected chi connectivity index (χ4v) is 1.57. The molecule has 4 nitrogen and oxygen atoms in total. The first kappa shape index (κ1) is 11.1. The first-order valence-corrected chi connectivity index (χ1v) is 5.32. The molecular formula is C9H15N3OS. The van der Waals surface area contributed by atoms with Crippen molar-refractivity contribution >= 4 is 17.2 Å². The minimum Gasteiger partial charge on any atom is -0.349 e. The number of aryl methyl sites for hydroxylation is 1. The van der Waals surface area contributed by atoms with E-state index in [1.165, 1.54) is 11.3 Å². The van der Waals surface area contributed by atoms with Crippen LogP contribution in [0.2, 0.25) is 0 Å². The van der Waals surface area contributed by atoms with Gasteiger partial charge >= 0.3 is 0 Å². The molecular weight excluding hydrogens is 198 g/mol. The van der Waals surface area contributed by atoms with Crippen LogP contribution in [0.15, 0.2) is 5.51 Å². The molecule has 0 aliphatic carbocycles. The van der Waals surface area contributed by atoms with Gasteiger partial charge in [0.15, 0.2) is 0 Å². The summed E-state index contributed by atoms with van der Waals surface area (Å²) in [6, 6.07) is 0. The van der Waals surface area contributed by atoms with Gasteiger partial charge in [0.05, 0.1) is 5.51 Å². The molecule has 5 heteroatoms. The zero-order valence-corrected chi connectivity index (χ0v) is 9.52. The van der Waals surface area contributed by atoms with Gasteiger partial charge in [-0.3, -0.25) is 4.79 Å². The quantitative estimate of drug-likeness (QED) is 0.802. The molecule has 1 N–H and O–H groups in total. The van der Waals surface area contributed by atoms with Crippen LogP contribution in [-0.2, 0) is 0 Å². The van der Waals surface area contributed by atoms with Gasteiger partial charge in [0, 0.05) is 18.0 Å². The summed E-state index contributed by atoms with van der Waals surface area (Å²) in [7, 11) is 3.94. The Kier molecular flexibility index (Phi) is 4.03. The topological polar surface area (TPSA) is 45.2 Å². The third kappa shape index (κ3) is 3.08. The summed E-state index contributed by atoms with van der Waals surface area (Å²) in [5.41, 5.74) is 2.24. The normalized spacial score (nSPS) is 10.6. The monoisotopic (exact) mass is 213 g/mol. The summed E-state index contributed by atoms with van der Waals surface area (Å²) in [6.45, 7) is 3.40. The number of thiazole rings is 1. The Balaban J connectivity index is 2.40. The number of aromatic nitrogens is 1. The number of carbonyl (C=O) groups excluding carboxylic acids is 1. The molecule has 1 aromatic heterocycles. The van der Waals surface area contributed by atoms with Gasteiger partial charge in [-0.2, -0.15) is 0 Å². The van der Waals surface area contributed by atoms with Crippen molar-refractivity contribution in [2.75, 3.05) is 27.2 Å². The molecule has 0 saturated carbocycles. The lowest BCUT2D eigenvalue weighted by atomic mass is 10.3. The maximum Gasteiger partial charge on any atom is 0.271 e. The molecule has 0 fully saturated rings. The molecule has 14 heavy (non-hydrogen) atoms. The fraction of sp³-hybridized carbons (Fsp3) is 0.556. The molecule has 1 amide bonds. The second-order valence-electron chi connectivity index (χ2n) is 3.32. The molecule has 0 aliphatic rings. The highest BCUT2D eigenvalue weighted by atomic mass is 32.1. The largest absolute Gasteiger partial charge is 0.349 e. The van der Waals surface area contributed by atoms with E-state index in [9.17, 15) is 4.79 Å². The third-order valence-corrected chi connectivity index (χ3v) is 2.56. The summed E-state index contributed by atoms with van der Waals surface area (Å²) in [4.78, 5) is 18.5. The number of nitrogens with one attached hydrogen (secondary N) is 1. The van der Waals surface area contributed by atoms with Crippen molar-refractivity contribution in [3.8, 4) is 0 Å². The number of amides is 1. The van der Waals surface area contributed by atoms with Crippen LogP contribution in [0.4, 0.5) is 0 Å². The number of hydrogen-bond donors (Lipinski definition) is 1. The van der Waals surface area contributed by atoms with E-state index in [4.69, 9.17) is 0 Å². The van der Waals surface area contributed by atoms with E-state index in [1.807, 2.05) is 25.9 Å². The van der Waals surface area contributed by atoms with Crippen molar-refractivity contribution in [3.05, 3.63) is 16.1 Å². The number of likely N-dealkylation sites (N-methyl/N-ethyl adjacent to an activating group) is 1. The molecule has 1 aromatic rings. The number of rotatable bonds is 4. The smallest absolute Gasteiger partial charge is 0.271 e. The van der Waals surface area contributed by atoms with Gasteiger partial charge in [-0.25, -0.2) is 4.98 Å². The highest BCUT2D eigenvalue weighted by molar-refractivity contribution is 7.09. The lowest BCUT2D eigenvalue weighted by molar-refractivity contribution is 0.0946. The molecule has 0 radical (unpaired) electrons. The Morgan fingerprint density at radius 2 is 2.36 bits per heavy atom. The van der Waals surface area contributed by atoms with Crippen molar-refractivity contribution in [2.45, 2.75) is 6.92 Å². The Morgan fingerprint density at radius 1 is 1.64 bits per heavy atom. The van der Waals surface area contributed by atoms with Crippen molar-refractivity contribution in [3.63, 3.8) is 0 Å². The van der Waals surface area contributed by atoms with Crippen LogP contribution in [0.25, 0.3) is 0 Å². The zero-order chi connectivity index (χ0) is 10.6. The standard InChI is InChI=1S/C9H15N3OS/c1-7-8(11-6-14-7)9(13)10-4-5-12(2)3/h6H,4-5H2,1-3H3,(H,10,13). The maximum atomic E-state index is 11.5. The molecule has 1 rings (SSSR count). The highest BCUT2D eigenvalue weighted by Gasteiger charge is 2.10. The number of carbonyl (C=O) groups is 1. The Morgan fingerprint density at radius 3 is 2.86 bits per heavy atom. The molecule has 0 saturated heterocycles. The average Bonchev–Trinajstić information content (AvgIpc) is 2.50. The van der Waals surface area contributed by atoms with Gasteiger partial charge in [0.25, 0.3) is 5.91 Å². The van der Waals surface area contributed by atoms with Crippen LogP contribution < -0.4 is 5.32 Å². The van der Waals surface area contributed by atoms with Crippen LogP contribution >= 0.6 is 11.3 Å². The summed E-state index contributed by atoms with van der Waals surface area (Å²) in [5, 5.41) is 2.82. The van der Waals surface area contributed by atoms with E-state index in [0.717, 1.165) is 11.4 Å². The van der Waals surface area contributed by atoms with Gasteiger partial charge in [-0.15, -0.1) is 11.3 Å². The number of hydrogen-bond acceptors (Lipinski definition) is 4. The van der Waals surface area contributed by atoms with Crippen LogP contribution in [0.3, 0.4) is 0 Å². The second-order valence-corrected chi connectivity index (χ2v) is 4.38. The minimum absolute atomic E-state index is 0.0781. The molecule has 0 aromatic carbocycles. The summed E-state index contributed by atoms with van der Waals surface area (Å²) in [6.07, 6.45) is 0. The van der Waals surface area contributed by atoms with Crippen LogP contribution in [-0.4, -0.2) is 43.0 Å². The van der Waals surface area contributed by atoms with Crippen LogP contribution in [0.5, 0.6) is 0 Å². The molecule has 78 valence electrons. The van der Waals surface area contributed by atoms with Gasteiger partial charge in [-0.05, 0) is 21.0 Å². The Labute approximate surface area is 88.0 Å². The lowest BCUT2D eigenvalue weighted by Crippen LogP contribution is -2.31. The molecule has 0 atom stereocenters. The first-order valence-electron chi connectivity index (χ1n) is 4.44. The van der Waals surface area contributed by atoms with Crippen LogP contribution in [0.1, 0.15) is 15.4 Å². The Bertz CT molecular complexity index is 309. The molecule has 1 heterocycles. The van der Waals surface area contributed by atoms with Crippen molar-refractivity contribution < 1.29 is 4.79 Å². The van der Waals surface area contributed by atoms with E-state index in [1.54, 1.807) is 5.51 Å². The minimum atomic E-state index is -0.0781. The fourth-order valence-electron chi connectivity index (χ4n) is 1.00. The molecule has 0 spiro atoms. The zero-order valence-electron chi connectivity index (χ0n) is 8.70. The second kappa shape index (κ2) is 5.07. The van der Waals surface area contributed by atoms with Crippen molar-refractivity contribution in [1.82, 2.24) is 15.2 Å². The summed E-state index contributed by atoms with van der Waals surface area (Å²) >= 11 is 1.49. The highest BCUT2D eigenvalue weighted by Crippen LogP contribution is 2.10. The number of nitrogens with zero attached hydrogens (tertiary/aromatic N) is 2. The lowest BCUT2D eigenvalue weighted by Gasteiger charge is -2.09. The van der Waals surface area contributed by atoms with Gasteiger partial charge in [0.1, 0.15) is 5.69 Å². The van der Waals surface area contributed by atoms with Gasteiger partial charge < -0.3 is 10.2 Å².